The van der Waals surface area contributed by atoms with E-state index in [1.54, 1.807) is 12.1 Å². The number of piperidine rings is 1. The topological polar surface area (TPSA) is 61.4 Å². The van der Waals surface area contributed by atoms with Gasteiger partial charge in [0.05, 0.1) is 11.3 Å². The normalized spacial score (nSPS) is 15.7. The largest absolute Gasteiger partial charge is 0.347 e. The highest BCUT2D eigenvalue weighted by Gasteiger charge is 2.26. The molecule has 2 amide bonds. The van der Waals surface area contributed by atoms with Gasteiger partial charge < -0.3 is 10.6 Å². The van der Waals surface area contributed by atoms with Crippen molar-refractivity contribution in [2.45, 2.75) is 45.7 Å². The van der Waals surface area contributed by atoms with Crippen LogP contribution in [0.3, 0.4) is 0 Å². The molecule has 0 bridgehead atoms. The van der Waals surface area contributed by atoms with Crippen molar-refractivity contribution in [3.05, 3.63) is 65.7 Å². The predicted octanol–water partition coefficient (Wildman–Crippen LogP) is 4.07. The molecule has 3 rings (SSSR count). The van der Waals surface area contributed by atoms with Gasteiger partial charge in [-0.2, -0.15) is 0 Å². The van der Waals surface area contributed by atoms with Crippen LogP contribution in [0.1, 0.15) is 49.5 Å². The first kappa shape index (κ1) is 21.1. The number of rotatable bonds is 5. The molecular formula is C24H31N3O2. The van der Waals surface area contributed by atoms with Gasteiger partial charge in [-0.15, -0.1) is 0 Å². The Labute approximate surface area is 173 Å². The first-order chi connectivity index (χ1) is 13.8. The van der Waals surface area contributed by atoms with Crippen LogP contribution in [0.5, 0.6) is 0 Å². The third-order valence-corrected chi connectivity index (χ3v) is 5.13. The van der Waals surface area contributed by atoms with Gasteiger partial charge in [0, 0.05) is 18.0 Å². The minimum Gasteiger partial charge on any atom is -0.347 e. The lowest BCUT2D eigenvalue weighted by Crippen LogP contribution is -2.41. The van der Waals surface area contributed by atoms with Crippen molar-refractivity contribution in [2.24, 2.45) is 5.92 Å². The molecule has 0 atom stereocenters. The van der Waals surface area contributed by atoms with Gasteiger partial charge in [-0.1, -0.05) is 42.5 Å². The van der Waals surface area contributed by atoms with Crippen LogP contribution in [-0.4, -0.2) is 35.3 Å². The number of carbonyl (C=O) groups excluding carboxylic acids is 2. The average molecular weight is 394 g/mol. The zero-order chi connectivity index (χ0) is 20.9. The molecule has 0 aromatic heterocycles. The number of hydrogen-bond donors (Lipinski definition) is 2. The molecule has 1 saturated heterocycles. The molecule has 1 aliphatic rings. The van der Waals surface area contributed by atoms with Crippen LogP contribution in [0, 0.1) is 5.92 Å². The summed E-state index contributed by atoms with van der Waals surface area (Å²) < 4.78 is 0. The van der Waals surface area contributed by atoms with E-state index in [1.165, 1.54) is 5.56 Å². The predicted molar refractivity (Wildman–Crippen MR) is 117 cm³/mol. The molecule has 2 aromatic rings. The fourth-order valence-electron chi connectivity index (χ4n) is 3.63. The van der Waals surface area contributed by atoms with Gasteiger partial charge in [0.2, 0.25) is 5.91 Å². The molecule has 0 unspecified atom stereocenters. The number of nitrogens with one attached hydrogen (secondary N) is 2. The first-order valence-corrected chi connectivity index (χ1v) is 10.3. The quantitative estimate of drug-likeness (QED) is 0.805. The molecular weight excluding hydrogens is 362 g/mol. The number of nitrogens with zero attached hydrogens (tertiary/aromatic N) is 1. The SMILES string of the molecule is CC(C)(C)NC(=O)c1ccccc1NC(=O)C1CCN(Cc2ccccc2)CC1. The highest BCUT2D eigenvalue weighted by Crippen LogP contribution is 2.23. The van der Waals surface area contributed by atoms with E-state index in [-0.39, 0.29) is 23.3 Å². The number of likely N-dealkylation sites (tertiary alicyclic amines) is 1. The summed E-state index contributed by atoms with van der Waals surface area (Å²) in [5.74, 6) is -0.202. The van der Waals surface area contributed by atoms with E-state index in [2.05, 4.69) is 39.8 Å². The number of para-hydroxylation sites is 1. The summed E-state index contributed by atoms with van der Waals surface area (Å²) in [7, 11) is 0. The molecule has 0 aliphatic carbocycles. The minimum atomic E-state index is -0.334. The second-order valence-corrected chi connectivity index (χ2v) is 8.77. The van der Waals surface area contributed by atoms with Crippen molar-refractivity contribution in [3.8, 4) is 0 Å². The molecule has 0 radical (unpaired) electrons. The molecule has 1 aliphatic heterocycles. The molecule has 1 heterocycles. The van der Waals surface area contributed by atoms with Crippen LogP contribution in [0.2, 0.25) is 0 Å². The standard InChI is InChI=1S/C24H31N3O2/c1-24(2,3)26-23(29)20-11-7-8-12-21(20)25-22(28)19-13-15-27(16-14-19)17-18-9-5-4-6-10-18/h4-12,19H,13-17H2,1-3H3,(H,25,28)(H,26,29). The fourth-order valence-corrected chi connectivity index (χ4v) is 3.63. The van der Waals surface area contributed by atoms with Gasteiger partial charge in [0.15, 0.2) is 0 Å². The smallest absolute Gasteiger partial charge is 0.253 e. The second kappa shape index (κ2) is 9.23. The van der Waals surface area contributed by atoms with Gasteiger partial charge in [0.1, 0.15) is 0 Å². The Hall–Kier alpha value is -2.66. The molecule has 2 aromatic carbocycles. The minimum absolute atomic E-state index is 0.000342. The summed E-state index contributed by atoms with van der Waals surface area (Å²) in [6.07, 6.45) is 1.66. The highest BCUT2D eigenvalue weighted by atomic mass is 16.2. The molecule has 0 spiro atoms. The van der Waals surface area contributed by atoms with Crippen LogP contribution < -0.4 is 10.6 Å². The Morgan fingerprint density at radius 2 is 1.59 bits per heavy atom. The molecule has 1 fully saturated rings. The van der Waals surface area contributed by atoms with Crippen molar-refractivity contribution in [1.29, 1.82) is 0 Å². The van der Waals surface area contributed by atoms with Gasteiger partial charge in [-0.05, 0) is 64.4 Å². The van der Waals surface area contributed by atoms with Gasteiger partial charge in [0.25, 0.3) is 5.91 Å². The number of amides is 2. The van der Waals surface area contributed by atoms with Crippen molar-refractivity contribution in [2.75, 3.05) is 18.4 Å². The maximum atomic E-state index is 12.8. The van der Waals surface area contributed by atoms with E-state index in [9.17, 15) is 9.59 Å². The Balaban J connectivity index is 1.57. The number of hydrogen-bond acceptors (Lipinski definition) is 3. The summed E-state index contributed by atoms with van der Waals surface area (Å²) in [6.45, 7) is 8.54. The Kier molecular flexibility index (Phi) is 6.70. The third kappa shape index (κ3) is 6.16. The lowest BCUT2D eigenvalue weighted by Gasteiger charge is -2.31. The van der Waals surface area contributed by atoms with Crippen LogP contribution in [-0.2, 0) is 11.3 Å². The van der Waals surface area contributed by atoms with Gasteiger partial charge in [-0.25, -0.2) is 0 Å². The van der Waals surface area contributed by atoms with E-state index in [1.807, 2.05) is 39.0 Å². The molecule has 0 saturated carbocycles. The van der Waals surface area contributed by atoms with Crippen LogP contribution in [0.25, 0.3) is 0 Å². The molecule has 5 nitrogen and oxygen atoms in total. The van der Waals surface area contributed by atoms with E-state index in [4.69, 9.17) is 0 Å². The van der Waals surface area contributed by atoms with E-state index in [0.29, 0.717) is 11.3 Å². The molecule has 29 heavy (non-hydrogen) atoms. The fraction of sp³-hybridized carbons (Fsp3) is 0.417. The van der Waals surface area contributed by atoms with Gasteiger partial charge in [-0.3, -0.25) is 14.5 Å². The zero-order valence-electron chi connectivity index (χ0n) is 17.6. The molecule has 2 N–H and O–H groups in total. The maximum Gasteiger partial charge on any atom is 0.253 e. The van der Waals surface area contributed by atoms with Crippen molar-refractivity contribution >= 4 is 17.5 Å². The second-order valence-electron chi connectivity index (χ2n) is 8.77. The van der Waals surface area contributed by atoms with E-state index >= 15 is 0 Å². The first-order valence-electron chi connectivity index (χ1n) is 10.3. The zero-order valence-corrected chi connectivity index (χ0v) is 17.6. The Morgan fingerprint density at radius 1 is 0.966 bits per heavy atom. The summed E-state index contributed by atoms with van der Waals surface area (Å²) in [6, 6.07) is 17.6. The summed E-state index contributed by atoms with van der Waals surface area (Å²) in [5, 5.41) is 5.95. The Morgan fingerprint density at radius 3 is 2.24 bits per heavy atom. The molecule has 154 valence electrons. The lowest BCUT2D eigenvalue weighted by molar-refractivity contribution is -0.121. The van der Waals surface area contributed by atoms with Crippen LogP contribution in [0.15, 0.2) is 54.6 Å². The molecule has 5 heteroatoms. The summed E-state index contributed by atoms with van der Waals surface area (Å²) >= 11 is 0. The summed E-state index contributed by atoms with van der Waals surface area (Å²) in [4.78, 5) is 27.8. The number of carbonyl (C=O) groups is 2. The van der Waals surface area contributed by atoms with Crippen molar-refractivity contribution in [1.82, 2.24) is 10.2 Å². The number of anilines is 1. The Bertz CT molecular complexity index is 835. The number of benzene rings is 2. The van der Waals surface area contributed by atoms with E-state index < -0.39 is 0 Å². The monoisotopic (exact) mass is 393 g/mol. The lowest BCUT2D eigenvalue weighted by atomic mass is 9.95. The van der Waals surface area contributed by atoms with E-state index in [0.717, 1.165) is 32.5 Å². The maximum absolute atomic E-state index is 12.8. The van der Waals surface area contributed by atoms with Crippen molar-refractivity contribution in [3.63, 3.8) is 0 Å². The summed E-state index contributed by atoms with van der Waals surface area (Å²) in [5.41, 5.74) is 2.04. The van der Waals surface area contributed by atoms with Crippen LogP contribution in [0.4, 0.5) is 5.69 Å². The van der Waals surface area contributed by atoms with Crippen LogP contribution >= 0.6 is 0 Å². The average Bonchev–Trinajstić information content (AvgIpc) is 2.68. The highest BCUT2D eigenvalue weighted by molar-refractivity contribution is 6.04. The third-order valence-electron chi connectivity index (χ3n) is 5.13. The van der Waals surface area contributed by atoms with Crippen molar-refractivity contribution < 1.29 is 9.59 Å². The van der Waals surface area contributed by atoms with Gasteiger partial charge >= 0.3 is 0 Å².